The van der Waals surface area contributed by atoms with Crippen molar-refractivity contribution >= 4 is 0 Å². The van der Waals surface area contributed by atoms with Crippen LogP contribution in [-0.2, 0) is 25.8 Å². The van der Waals surface area contributed by atoms with Gasteiger partial charge in [0.15, 0.2) is 0 Å². The monoisotopic (exact) mass is 237 g/mol. The number of nitrogens with zero attached hydrogens (tertiary/aromatic N) is 2. The lowest BCUT2D eigenvalue weighted by molar-refractivity contribution is 0.615. The molecule has 1 aromatic rings. The number of hydrogen-bond donors (Lipinski definition) is 1. The molecular formula is C14H27N3. The Morgan fingerprint density at radius 1 is 1.06 bits per heavy atom. The van der Waals surface area contributed by atoms with E-state index in [1.807, 2.05) is 0 Å². The van der Waals surface area contributed by atoms with E-state index in [-0.39, 0.29) is 0 Å². The molecule has 3 nitrogen and oxygen atoms in total. The third kappa shape index (κ3) is 3.56. The quantitative estimate of drug-likeness (QED) is 0.704. The zero-order chi connectivity index (χ0) is 12.7. The molecule has 1 aromatic heterocycles. The molecule has 1 rings (SSSR count). The molecule has 0 spiro atoms. The molecular weight excluding hydrogens is 210 g/mol. The van der Waals surface area contributed by atoms with E-state index in [1.165, 1.54) is 23.4 Å². The summed E-state index contributed by atoms with van der Waals surface area (Å²) in [4.78, 5) is 0. The summed E-state index contributed by atoms with van der Waals surface area (Å²) >= 11 is 0. The van der Waals surface area contributed by atoms with Crippen molar-refractivity contribution in [2.45, 2.75) is 59.9 Å². The van der Waals surface area contributed by atoms with Gasteiger partial charge in [-0.05, 0) is 51.3 Å². The maximum absolute atomic E-state index is 4.71. The lowest BCUT2D eigenvalue weighted by atomic mass is 10.1. The molecule has 17 heavy (non-hydrogen) atoms. The van der Waals surface area contributed by atoms with Crippen molar-refractivity contribution in [3.63, 3.8) is 0 Å². The molecule has 3 heteroatoms. The molecule has 0 aliphatic heterocycles. The minimum atomic E-state index is 0.985. The molecule has 0 atom stereocenters. The van der Waals surface area contributed by atoms with Crippen LogP contribution in [0.2, 0.25) is 0 Å². The van der Waals surface area contributed by atoms with Crippen LogP contribution in [0.1, 0.15) is 51.1 Å². The van der Waals surface area contributed by atoms with Crippen LogP contribution >= 0.6 is 0 Å². The molecule has 98 valence electrons. The summed E-state index contributed by atoms with van der Waals surface area (Å²) in [6.07, 6.45) is 4.45. The fraction of sp³-hybridized carbons (Fsp3) is 0.786. The summed E-state index contributed by atoms with van der Waals surface area (Å²) in [7, 11) is 0. The zero-order valence-electron chi connectivity index (χ0n) is 11.8. The van der Waals surface area contributed by atoms with Crippen molar-refractivity contribution in [3.05, 3.63) is 17.0 Å². The summed E-state index contributed by atoms with van der Waals surface area (Å²) in [5.74, 6) is 0. The first-order valence-electron chi connectivity index (χ1n) is 7.06. The van der Waals surface area contributed by atoms with Gasteiger partial charge in [0.25, 0.3) is 0 Å². The first kappa shape index (κ1) is 14.2. The van der Waals surface area contributed by atoms with Gasteiger partial charge < -0.3 is 5.32 Å². The highest BCUT2D eigenvalue weighted by Crippen LogP contribution is 2.16. The van der Waals surface area contributed by atoms with E-state index in [0.717, 1.165) is 38.9 Å². The average molecular weight is 237 g/mol. The molecule has 0 saturated carbocycles. The molecule has 0 radical (unpaired) electrons. The Morgan fingerprint density at radius 3 is 2.35 bits per heavy atom. The Balaban J connectivity index is 2.76. The molecule has 0 amide bonds. The maximum Gasteiger partial charge on any atom is 0.0657 e. The predicted molar refractivity (Wildman–Crippen MR) is 73.5 cm³/mol. The van der Waals surface area contributed by atoms with Gasteiger partial charge in [0.1, 0.15) is 0 Å². The topological polar surface area (TPSA) is 29.9 Å². The molecule has 0 bridgehead atoms. The molecule has 0 unspecified atom stereocenters. The molecule has 1 N–H and O–H groups in total. The van der Waals surface area contributed by atoms with Gasteiger partial charge in [0.2, 0.25) is 0 Å². The molecule has 1 heterocycles. The highest BCUT2D eigenvalue weighted by molar-refractivity contribution is 5.27. The van der Waals surface area contributed by atoms with Crippen LogP contribution in [0.5, 0.6) is 0 Å². The lowest BCUT2D eigenvalue weighted by Gasteiger charge is -2.07. The maximum atomic E-state index is 4.71. The smallest absolute Gasteiger partial charge is 0.0657 e. The van der Waals surface area contributed by atoms with E-state index < -0.39 is 0 Å². The molecule has 0 saturated heterocycles. The van der Waals surface area contributed by atoms with E-state index >= 15 is 0 Å². The minimum absolute atomic E-state index is 0.985. The summed E-state index contributed by atoms with van der Waals surface area (Å²) in [5.41, 5.74) is 4.21. The number of aryl methyl sites for hydroxylation is 2. The van der Waals surface area contributed by atoms with Crippen LogP contribution in [0, 0.1) is 0 Å². The van der Waals surface area contributed by atoms with Gasteiger partial charge in [-0.15, -0.1) is 0 Å². The minimum Gasteiger partial charge on any atom is -0.316 e. The lowest BCUT2D eigenvalue weighted by Crippen LogP contribution is -2.18. The molecule has 0 aliphatic carbocycles. The van der Waals surface area contributed by atoms with Crippen LogP contribution < -0.4 is 5.32 Å². The van der Waals surface area contributed by atoms with E-state index in [9.17, 15) is 0 Å². The van der Waals surface area contributed by atoms with Gasteiger partial charge in [-0.2, -0.15) is 5.10 Å². The standard InChI is InChI=1S/C14H27N3/c1-5-10-15-11-9-12-13(6-2)16-17(8-4)14(12)7-3/h15H,5-11H2,1-4H3. The second kappa shape index (κ2) is 7.49. The number of aromatic nitrogens is 2. The van der Waals surface area contributed by atoms with Crippen LogP contribution in [0.15, 0.2) is 0 Å². The molecule has 0 aromatic carbocycles. The summed E-state index contributed by atoms with van der Waals surface area (Å²) < 4.78 is 2.17. The third-order valence-electron chi connectivity index (χ3n) is 3.20. The van der Waals surface area contributed by atoms with Crippen LogP contribution in [0.4, 0.5) is 0 Å². The van der Waals surface area contributed by atoms with Gasteiger partial charge in [-0.25, -0.2) is 0 Å². The average Bonchev–Trinajstić information content (AvgIpc) is 2.71. The Morgan fingerprint density at radius 2 is 1.82 bits per heavy atom. The fourth-order valence-electron chi connectivity index (χ4n) is 2.33. The van der Waals surface area contributed by atoms with Gasteiger partial charge in [-0.3, -0.25) is 4.68 Å². The van der Waals surface area contributed by atoms with Crippen LogP contribution in [-0.4, -0.2) is 22.9 Å². The largest absolute Gasteiger partial charge is 0.316 e. The van der Waals surface area contributed by atoms with Crippen molar-refractivity contribution < 1.29 is 0 Å². The van der Waals surface area contributed by atoms with Crippen molar-refractivity contribution in [2.24, 2.45) is 0 Å². The highest BCUT2D eigenvalue weighted by Gasteiger charge is 2.13. The van der Waals surface area contributed by atoms with E-state index in [1.54, 1.807) is 0 Å². The van der Waals surface area contributed by atoms with Crippen molar-refractivity contribution in [1.29, 1.82) is 0 Å². The third-order valence-corrected chi connectivity index (χ3v) is 3.20. The fourth-order valence-corrected chi connectivity index (χ4v) is 2.33. The highest BCUT2D eigenvalue weighted by atomic mass is 15.3. The van der Waals surface area contributed by atoms with Gasteiger partial charge >= 0.3 is 0 Å². The van der Waals surface area contributed by atoms with E-state index in [2.05, 4.69) is 37.7 Å². The Labute approximate surface area is 106 Å². The van der Waals surface area contributed by atoms with E-state index in [0.29, 0.717) is 0 Å². The SMILES string of the molecule is CCCNCCc1c(CC)nn(CC)c1CC. The van der Waals surface area contributed by atoms with Crippen LogP contribution in [0.25, 0.3) is 0 Å². The first-order valence-corrected chi connectivity index (χ1v) is 7.06. The van der Waals surface area contributed by atoms with Crippen LogP contribution in [0.3, 0.4) is 0 Å². The second-order valence-corrected chi connectivity index (χ2v) is 4.39. The van der Waals surface area contributed by atoms with Crippen molar-refractivity contribution in [2.75, 3.05) is 13.1 Å². The van der Waals surface area contributed by atoms with Crippen molar-refractivity contribution in [1.82, 2.24) is 15.1 Å². The summed E-state index contributed by atoms with van der Waals surface area (Å²) in [6.45, 7) is 12.0. The molecule has 0 fully saturated rings. The van der Waals surface area contributed by atoms with Gasteiger partial charge in [0, 0.05) is 12.2 Å². The van der Waals surface area contributed by atoms with E-state index in [4.69, 9.17) is 5.10 Å². The Bertz CT molecular complexity index is 328. The number of hydrogen-bond acceptors (Lipinski definition) is 2. The number of rotatable bonds is 8. The van der Waals surface area contributed by atoms with Gasteiger partial charge in [-0.1, -0.05) is 20.8 Å². The van der Waals surface area contributed by atoms with Gasteiger partial charge in [0.05, 0.1) is 5.69 Å². The normalized spacial score (nSPS) is 11.1. The Kier molecular flexibility index (Phi) is 6.27. The van der Waals surface area contributed by atoms with Crippen molar-refractivity contribution in [3.8, 4) is 0 Å². The first-order chi connectivity index (χ1) is 8.28. The summed E-state index contributed by atoms with van der Waals surface area (Å²) in [5, 5.41) is 8.18. The number of nitrogens with one attached hydrogen (secondary N) is 1. The zero-order valence-corrected chi connectivity index (χ0v) is 11.8. The summed E-state index contributed by atoms with van der Waals surface area (Å²) in [6, 6.07) is 0. The molecule has 0 aliphatic rings. The Hall–Kier alpha value is -0.830. The second-order valence-electron chi connectivity index (χ2n) is 4.39. The predicted octanol–water partition coefficient (Wildman–Crippen LogP) is 2.57.